The van der Waals surface area contributed by atoms with E-state index in [2.05, 4.69) is 15.8 Å². The van der Waals surface area contributed by atoms with Gasteiger partial charge in [-0.1, -0.05) is 0 Å². The lowest BCUT2D eigenvalue weighted by atomic mass is 10.2. The summed E-state index contributed by atoms with van der Waals surface area (Å²) in [5, 5.41) is 6.30. The van der Waals surface area contributed by atoms with Crippen molar-refractivity contribution in [2.24, 2.45) is 5.10 Å². The van der Waals surface area contributed by atoms with Gasteiger partial charge in [-0.3, -0.25) is 9.59 Å². The van der Waals surface area contributed by atoms with Crippen LogP contribution in [0, 0.1) is 0 Å². The van der Waals surface area contributed by atoms with Crippen LogP contribution in [0.5, 0.6) is 17.2 Å². The Morgan fingerprint density at radius 2 is 1.88 bits per heavy atom. The van der Waals surface area contributed by atoms with E-state index >= 15 is 0 Å². The summed E-state index contributed by atoms with van der Waals surface area (Å²) in [4.78, 5) is 23.5. The second kappa shape index (κ2) is 9.62. The number of amides is 2. The number of nitrogens with zero attached hydrogens (tertiary/aromatic N) is 1. The maximum atomic E-state index is 11.7. The summed E-state index contributed by atoms with van der Waals surface area (Å²) >= 11 is 0. The third-order valence-electron chi connectivity index (χ3n) is 3.79. The Labute approximate surface area is 151 Å². The van der Waals surface area contributed by atoms with Gasteiger partial charge >= 0.3 is 11.8 Å². The highest BCUT2D eigenvalue weighted by Gasteiger charge is 2.19. The van der Waals surface area contributed by atoms with Crippen LogP contribution in [0.4, 0.5) is 0 Å². The van der Waals surface area contributed by atoms with E-state index in [1.165, 1.54) is 27.5 Å². The molecule has 0 radical (unpaired) electrons. The van der Waals surface area contributed by atoms with Gasteiger partial charge in [0.05, 0.1) is 33.6 Å². The molecule has 1 fully saturated rings. The van der Waals surface area contributed by atoms with Crippen LogP contribution in [-0.4, -0.2) is 58.6 Å². The Hall–Kier alpha value is -2.81. The fraction of sp³-hybridized carbons (Fsp3) is 0.471. The third-order valence-corrected chi connectivity index (χ3v) is 3.79. The number of rotatable bonds is 7. The summed E-state index contributed by atoms with van der Waals surface area (Å²) in [6.07, 6.45) is 3.18. The van der Waals surface area contributed by atoms with Crippen molar-refractivity contribution in [3.8, 4) is 17.2 Å². The lowest BCUT2D eigenvalue weighted by Gasteiger charge is -2.12. The average molecular weight is 365 g/mol. The number of carbonyl (C=O) groups is 2. The fourth-order valence-corrected chi connectivity index (χ4v) is 2.48. The molecular formula is C17H23N3O6. The number of benzene rings is 1. The first-order valence-electron chi connectivity index (χ1n) is 8.11. The quantitative estimate of drug-likeness (QED) is 0.413. The molecule has 0 spiro atoms. The molecule has 1 aromatic carbocycles. The van der Waals surface area contributed by atoms with Gasteiger partial charge in [0.2, 0.25) is 5.75 Å². The minimum absolute atomic E-state index is 0.0329. The van der Waals surface area contributed by atoms with E-state index in [4.69, 9.17) is 18.9 Å². The van der Waals surface area contributed by atoms with Crippen LogP contribution in [0.1, 0.15) is 18.4 Å². The van der Waals surface area contributed by atoms with Gasteiger partial charge in [-0.25, -0.2) is 5.43 Å². The van der Waals surface area contributed by atoms with E-state index in [1.54, 1.807) is 12.1 Å². The van der Waals surface area contributed by atoms with Gasteiger partial charge in [0.15, 0.2) is 11.5 Å². The predicted molar refractivity (Wildman–Crippen MR) is 93.8 cm³/mol. The zero-order chi connectivity index (χ0) is 18.9. The molecule has 1 aliphatic heterocycles. The van der Waals surface area contributed by atoms with Gasteiger partial charge in [0, 0.05) is 18.7 Å². The molecule has 0 saturated carbocycles. The summed E-state index contributed by atoms with van der Waals surface area (Å²) < 4.78 is 21.1. The van der Waals surface area contributed by atoms with Crippen molar-refractivity contribution in [2.75, 3.05) is 34.5 Å². The lowest BCUT2D eigenvalue weighted by Crippen LogP contribution is -2.41. The van der Waals surface area contributed by atoms with Crippen molar-refractivity contribution < 1.29 is 28.5 Å². The first kappa shape index (κ1) is 19.5. The highest BCUT2D eigenvalue weighted by molar-refractivity contribution is 6.35. The number of hydrazone groups is 1. The summed E-state index contributed by atoms with van der Waals surface area (Å²) in [6, 6.07) is 3.32. The van der Waals surface area contributed by atoms with Gasteiger partial charge in [-0.05, 0) is 25.0 Å². The van der Waals surface area contributed by atoms with E-state index in [9.17, 15) is 9.59 Å². The van der Waals surface area contributed by atoms with Crippen LogP contribution in [-0.2, 0) is 14.3 Å². The van der Waals surface area contributed by atoms with E-state index in [-0.39, 0.29) is 6.10 Å². The standard InChI is InChI=1S/C17H23N3O6/c1-23-13-7-11(8-14(24-2)15(13)25-3)9-19-20-17(22)16(21)18-10-12-5-4-6-26-12/h7-9,12H,4-6,10H2,1-3H3,(H,18,21)(H,20,22). The molecule has 0 aliphatic carbocycles. The van der Waals surface area contributed by atoms with E-state index in [1.807, 2.05) is 0 Å². The van der Waals surface area contributed by atoms with Gasteiger partial charge in [0.25, 0.3) is 0 Å². The SMILES string of the molecule is COc1cc(C=NNC(=O)C(=O)NCC2CCCO2)cc(OC)c1OC. The monoisotopic (exact) mass is 365 g/mol. The number of hydrogen-bond donors (Lipinski definition) is 2. The first-order chi connectivity index (χ1) is 12.6. The minimum Gasteiger partial charge on any atom is -0.493 e. The van der Waals surface area contributed by atoms with E-state index in [0.29, 0.717) is 36.0 Å². The van der Waals surface area contributed by atoms with Gasteiger partial charge < -0.3 is 24.3 Å². The molecule has 0 bridgehead atoms. The molecule has 2 rings (SSSR count). The molecule has 142 valence electrons. The van der Waals surface area contributed by atoms with E-state index in [0.717, 1.165) is 12.8 Å². The third kappa shape index (κ3) is 5.09. The molecule has 1 heterocycles. The molecule has 1 aliphatic rings. The number of carbonyl (C=O) groups excluding carboxylic acids is 2. The maximum absolute atomic E-state index is 11.7. The van der Waals surface area contributed by atoms with Crippen molar-refractivity contribution in [1.82, 2.24) is 10.7 Å². The number of ether oxygens (including phenoxy) is 4. The van der Waals surface area contributed by atoms with Crippen molar-refractivity contribution in [3.05, 3.63) is 17.7 Å². The topological polar surface area (TPSA) is 107 Å². The molecule has 2 amide bonds. The zero-order valence-electron chi connectivity index (χ0n) is 15.0. The Morgan fingerprint density at radius 1 is 1.19 bits per heavy atom. The lowest BCUT2D eigenvalue weighted by molar-refractivity contribution is -0.139. The molecule has 9 nitrogen and oxygen atoms in total. The summed E-state index contributed by atoms with van der Waals surface area (Å²) in [6.45, 7) is 0.995. The Morgan fingerprint density at radius 3 is 2.42 bits per heavy atom. The molecule has 0 aromatic heterocycles. The molecule has 1 atom stereocenters. The minimum atomic E-state index is -0.855. The van der Waals surface area contributed by atoms with Crippen molar-refractivity contribution in [1.29, 1.82) is 0 Å². The molecule has 26 heavy (non-hydrogen) atoms. The fourth-order valence-electron chi connectivity index (χ4n) is 2.48. The first-order valence-corrected chi connectivity index (χ1v) is 8.11. The van der Waals surface area contributed by atoms with Crippen LogP contribution in [0.15, 0.2) is 17.2 Å². The summed E-state index contributed by atoms with van der Waals surface area (Å²) in [5.41, 5.74) is 2.77. The van der Waals surface area contributed by atoms with E-state index < -0.39 is 11.8 Å². The van der Waals surface area contributed by atoms with Crippen molar-refractivity contribution in [3.63, 3.8) is 0 Å². The predicted octanol–water partition coefficient (Wildman–Crippen LogP) is 0.458. The van der Waals surface area contributed by atoms with Gasteiger partial charge in [-0.15, -0.1) is 0 Å². The molecule has 9 heteroatoms. The Balaban J connectivity index is 1.92. The largest absolute Gasteiger partial charge is 0.493 e. The maximum Gasteiger partial charge on any atom is 0.329 e. The molecule has 1 unspecified atom stereocenters. The Bertz CT molecular complexity index is 645. The number of nitrogens with one attached hydrogen (secondary N) is 2. The van der Waals surface area contributed by atoms with Crippen LogP contribution < -0.4 is 25.0 Å². The number of hydrogen-bond acceptors (Lipinski definition) is 7. The highest BCUT2D eigenvalue weighted by atomic mass is 16.5. The zero-order valence-corrected chi connectivity index (χ0v) is 15.0. The van der Waals surface area contributed by atoms with Crippen molar-refractivity contribution >= 4 is 18.0 Å². The van der Waals surface area contributed by atoms with Crippen LogP contribution in [0.3, 0.4) is 0 Å². The highest BCUT2D eigenvalue weighted by Crippen LogP contribution is 2.37. The summed E-state index contributed by atoms with van der Waals surface area (Å²) in [5.74, 6) is -0.262. The number of methoxy groups -OCH3 is 3. The van der Waals surface area contributed by atoms with Crippen LogP contribution >= 0.6 is 0 Å². The molecule has 1 aromatic rings. The summed E-state index contributed by atoms with van der Waals surface area (Å²) in [7, 11) is 4.50. The van der Waals surface area contributed by atoms with Gasteiger partial charge in [0.1, 0.15) is 0 Å². The molecular weight excluding hydrogens is 342 g/mol. The molecule has 2 N–H and O–H groups in total. The molecule has 1 saturated heterocycles. The van der Waals surface area contributed by atoms with Crippen LogP contribution in [0.25, 0.3) is 0 Å². The van der Waals surface area contributed by atoms with Crippen LogP contribution in [0.2, 0.25) is 0 Å². The Kier molecular flexibility index (Phi) is 7.22. The van der Waals surface area contributed by atoms with Crippen molar-refractivity contribution in [2.45, 2.75) is 18.9 Å². The van der Waals surface area contributed by atoms with Gasteiger partial charge in [-0.2, -0.15) is 5.10 Å². The second-order valence-corrected chi connectivity index (χ2v) is 5.50. The second-order valence-electron chi connectivity index (χ2n) is 5.50. The smallest absolute Gasteiger partial charge is 0.329 e. The average Bonchev–Trinajstić information content (AvgIpc) is 3.18. The normalized spacial score (nSPS) is 16.3.